The molecule has 0 aliphatic rings. The summed E-state index contributed by atoms with van der Waals surface area (Å²) in [5.74, 6) is 0.891. The lowest BCUT2D eigenvalue weighted by atomic mass is 10.2. The van der Waals surface area contributed by atoms with E-state index >= 15 is 0 Å². The molecular formula is C21H23N3O5. The van der Waals surface area contributed by atoms with Crippen molar-refractivity contribution in [1.29, 1.82) is 0 Å². The number of carbonyl (C=O) groups is 2. The summed E-state index contributed by atoms with van der Waals surface area (Å²) in [5.41, 5.74) is 2.84. The topological polar surface area (TPSA) is 107 Å². The van der Waals surface area contributed by atoms with Gasteiger partial charge >= 0.3 is 5.97 Å². The first-order valence-corrected chi connectivity index (χ1v) is 9.24. The maximum atomic E-state index is 12.7. The van der Waals surface area contributed by atoms with E-state index < -0.39 is 5.97 Å². The smallest absolute Gasteiger partial charge is 0.303 e. The number of nitrogens with zero attached hydrogens (tertiary/aromatic N) is 2. The molecular weight excluding hydrogens is 374 g/mol. The molecule has 0 aliphatic carbocycles. The van der Waals surface area contributed by atoms with E-state index in [4.69, 9.17) is 14.4 Å². The molecule has 29 heavy (non-hydrogen) atoms. The molecule has 0 bridgehead atoms. The summed E-state index contributed by atoms with van der Waals surface area (Å²) in [4.78, 5) is 23.2. The average molecular weight is 397 g/mol. The Morgan fingerprint density at radius 1 is 1.17 bits per heavy atom. The van der Waals surface area contributed by atoms with Gasteiger partial charge in [0.15, 0.2) is 5.82 Å². The number of aromatic nitrogens is 2. The SMILES string of the molecule is Cc1cc(-n2c(C)cc(C(=O)Nc3ccc(OCCCC(=O)O)cc3)c2C)no1. The monoisotopic (exact) mass is 397 g/mol. The van der Waals surface area contributed by atoms with E-state index in [9.17, 15) is 9.59 Å². The first-order valence-electron chi connectivity index (χ1n) is 9.24. The van der Waals surface area contributed by atoms with E-state index in [1.165, 1.54) is 0 Å². The van der Waals surface area contributed by atoms with Crippen molar-refractivity contribution in [3.05, 3.63) is 59.1 Å². The number of benzene rings is 1. The lowest BCUT2D eigenvalue weighted by Crippen LogP contribution is -2.13. The molecule has 0 saturated carbocycles. The van der Waals surface area contributed by atoms with E-state index in [1.54, 1.807) is 24.3 Å². The third kappa shape index (κ3) is 4.84. The van der Waals surface area contributed by atoms with Gasteiger partial charge < -0.3 is 19.7 Å². The van der Waals surface area contributed by atoms with Crippen molar-refractivity contribution in [2.24, 2.45) is 0 Å². The highest BCUT2D eigenvalue weighted by atomic mass is 16.5. The molecule has 2 heterocycles. The Bertz CT molecular complexity index is 1020. The Labute approximate surface area is 168 Å². The predicted molar refractivity (Wildman–Crippen MR) is 107 cm³/mol. The van der Waals surface area contributed by atoms with Crippen molar-refractivity contribution in [1.82, 2.24) is 9.72 Å². The number of anilines is 1. The second-order valence-corrected chi connectivity index (χ2v) is 6.74. The molecule has 0 aliphatic heterocycles. The molecule has 2 N–H and O–H groups in total. The first-order chi connectivity index (χ1) is 13.8. The molecule has 1 amide bonds. The number of aliphatic carboxylic acids is 1. The highest BCUT2D eigenvalue weighted by Crippen LogP contribution is 2.22. The fourth-order valence-corrected chi connectivity index (χ4v) is 3.05. The maximum Gasteiger partial charge on any atom is 0.303 e. The molecule has 0 fully saturated rings. The van der Waals surface area contributed by atoms with Gasteiger partial charge in [0, 0.05) is 29.6 Å². The molecule has 0 spiro atoms. The Morgan fingerprint density at radius 3 is 2.52 bits per heavy atom. The van der Waals surface area contributed by atoms with Gasteiger partial charge in [0.1, 0.15) is 11.5 Å². The van der Waals surface area contributed by atoms with Gasteiger partial charge in [-0.05, 0) is 57.5 Å². The van der Waals surface area contributed by atoms with E-state index in [0.717, 1.165) is 11.4 Å². The molecule has 8 nitrogen and oxygen atoms in total. The van der Waals surface area contributed by atoms with Gasteiger partial charge in [-0.3, -0.25) is 14.2 Å². The molecule has 152 valence electrons. The van der Waals surface area contributed by atoms with Crippen molar-refractivity contribution in [3.8, 4) is 11.6 Å². The van der Waals surface area contributed by atoms with Gasteiger partial charge in [0.05, 0.1) is 12.2 Å². The van der Waals surface area contributed by atoms with Crippen LogP contribution >= 0.6 is 0 Å². The van der Waals surface area contributed by atoms with E-state index in [2.05, 4.69) is 10.5 Å². The van der Waals surface area contributed by atoms with Gasteiger partial charge in [-0.15, -0.1) is 0 Å². The van der Waals surface area contributed by atoms with E-state index in [1.807, 2.05) is 37.5 Å². The van der Waals surface area contributed by atoms with Crippen LogP contribution in [0.3, 0.4) is 0 Å². The summed E-state index contributed by atoms with van der Waals surface area (Å²) < 4.78 is 12.5. The molecule has 0 saturated heterocycles. The third-order valence-corrected chi connectivity index (χ3v) is 4.44. The summed E-state index contributed by atoms with van der Waals surface area (Å²) in [6.07, 6.45) is 0.509. The second-order valence-electron chi connectivity index (χ2n) is 6.74. The number of amides is 1. The summed E-state index contributed by atoms with van der Waals surface area (Å²) >= 11 is 0. The molecule has 1 aromatic carbocycles. The lowest BCUT2D eigenvalue weighted by molar-refractivity contribution is -0.137. The zero-order valence-corrected chi connectivity index (χ0v) is 16.6. The number of hydrogen-bond acceptors (Lipinski definition) is 5. The van der Waals surface area contributed by atoms with Crippen LogP contribution in [-0.4, -0.2) is 33.3 Å². The predicted octanol–water partition coefficient (Wildman–Crippen LogP) is 3.89. The van der Waals surface area contributed by atoms with Crippen LogP contribution in [-0.2, 0) is 4.79 Å². The third-order valence-electron chi connectivity index (χ3n) is 4.44. The van der Waals surface area contributed by atoms with Gasteiger partial charge in [-0.1, -0.05) is 5.16 Å². The number of carboxylic acids is 1. The molecule has 8 heteroatoms. The van der Waals surface area contributed by atoms with E-state index in [0.29, 0.717) is 41.6 Å². The number of ether oxygens (including phenoxy) is 1. The minimum absolute atomic E-state index is 0.0699. The number of carboxylic acid groups (broad SMARTS) is 1. The Kier molecular flexibility index (Phi) is 6.01. The standard InChI is InChI=1S/C21H23N3O5/c1-13-11-18(15(3)24(13)19-12-14(2)29-23-19)21(27)22-16-6-8-17(9-7-16)28-10-4-5-20(25)26/h6-9,11-12H,4-5,10H2,1-3H3,(H,22,27)(H,25,26). The largest absolute Gasteiger partial charge is 0.494 e. The summed E-state index contributed by atoms with van der Waals surface area (Å²) in [6, 6.07) is 10.6. The molecule has 3 aromatic rings. The number of aryl methyl sites for hydroxylation is 2. The molecule has 2 aromatic heterocycles. The fourth-order valence-electron chi connectivity index (χ4n) is 3.05. The van der Waals surface area contributed by atoms with E-state index in [-0.39, 0.29) is 12.3 Å². The number of hydrogen-bond donors (Lipinski definition) is 2. The maximum absolute atomic E-state index is 12.7. The van der Waals surface area contributed by atoms with Gasteiger partial charge in [0.25, 0.3) is 5.91 Å². The summed E-state index contributed by atoms with van der Waals surface area (Å²) in [6.45, 7) is 5.91. The Balaban J connectivity index is 1.65. The summed E-state index contributed by atoms with van der Waals surface area (Å²) in [7, 11) is 0. The Hall–Kier alpha value is -3.55. The highest BCUT2D eigenvalue weighted by Gasteiger charge is 2.18. The highest BCUT2D eigenvalue weighted by molar-refractivity contribution is 6.05. The molecule has 3 rings (SSSR count). The van der Waals surface area contributed by atoms with Gasteiger partial charge in [-0.25, -0.2) is 0 Å². The van der Waals surface area contributed by atoms with Crippen LogP contribution in [0.1, 0.15) is 40.3 Å². The van der Waals surface area contributed by atoms with Gasteiger partial charge in [0.2, 0.25) is 0 Å². The normalized spacial score (nSPS) is 10.7. The number of carbonyl (C=O) groups excluding carboxylic acids is 1. The van der Waals surface area contributed by atoms with Gasteiger partial charge in [-0.2, -0.15) is 0 Å². The zero-order chi connectivity index (χ0) is 21.0. The van der Waals surface area contributed by atoms with Crippen LogP contribution in [0.25, 0.3) is 5.82 Å². The van der Waals surface area contributed by atoms with Crippen molar-refractivity contribution in [2.75, 3.05) is 11.9 Å². The minimum atomic E-state index is -0.843. The molecule has 0 unspecified atom stereocenters. The van der Waals surface area contributed by atoms with Crippen molar-refractivity contribution in [2.45, 2.75) is 33.6 Å². The van der Waals surface area contributed by atoms with Crippen molar-refractivity contribution >= 4 is 17.6 Å². The van der Waals surface area contributed by atoms with Crippen LogP contribution in [0.15, 0.2) is 40.9 Å². The van der Waals surface area contributed by atoms with Crippen molar-refractivity contribution < 1.29 is 24.0 Å². The van der Waals surface area contributed by atoms with Crippen molar-refractivity contribution in [3.63, 3.8) is 0 Å². The van der Waals surface area contributed by atoms with Crippen LogP contribution in [0.4, 0.5) is 5.69 Å². The molecule has 0 atom stereocenters. The number of nitrogens with one attached hydrogen (secondary N) is 1. The van der Waals surface area contributed by atoms with Crippen LogP contribution in [0.2, 0.25) is 0 Å². The fraction of sp³-hybridized carbons (Fsp3) is 0.286. The first kappa shape index (κ1) is 20.2. The molecule has 0 radical (unpaired) electrons. The van der Waals surface area contributed by atoms with Crippen LogP contribution in [0, 0.1) is 20.8 Å². The minimum Gasteiger partial charge on any atom is -0.494 e. The second kappa shape index (κ2) is 8.64. The quantitative estimate of drug-likeness (QED) is 0.559. The van der Waals surface area contributed by atoms with Crippen LogP contribution in [0.5, 0.6) is 5.75 Å². The zero-order valence-electron chi connectivity index (χ0n) is 16.6. The Morgan fingerprint density at radius 2 is 1.90 bits per heavy atom. The van der Waals surface area contributed by atoms with Crippen LogP contribution < -0.4 is 10.1 Å². The summed E-state index contributed by atoms with van der Waals surface area (Å²) in [5, 5.41) is 15.5. The number of rotatable bonds is 8. The average Bonchev–Trinajstić information content (AvgIpc) is 3.22. The lowest BCUT2D eigenvalue weighted by Gasteiger charge is -2.09.